The molecular formula is C16H19N3O4. The molecule has 0 saturated carbocycles. The van der Waals surface area contributed by atoms with E-state index in [9.17, 15) is 14.7 Å². The lowest BCUT2D eigenvalue weighted by Crippen LogP contribution is -2.20. The summed E-state index contributed by atoms with van der Waals surface area (Å²) in [7, 11) is 1.31. The third-order valence-corrected chi connectivity index (χ3v) is 4.37. The second-order valence-corrected chi connectivity index (χ2v) is 5.63. The number of nitrogens with zero attached hydrogens (tertiary/aromatic N) is 3. The van der Waals surface area contributed by atoms with Gasteiger partial charge in [0, 0.05) is 12.5 Å². The summed E-state index contributed by atoms with van der Waals surface area (Å²) in [5.74, 6) is -0.881. The van der Waals surface area contributed by atoms with Crippen LogP contribution in [0.3, 0.4) is 0 Å². The Hall–Kier alpha value is -2.41. The molecule has 0 bridgehead atoms. The lowest BCUT2D eigenvalue weighted by atomic mass is 10.1. The van der Waals surface area contributed by atoms with E-state index in [1.165, 1.54) is 7.11 Å². The zero-order valence-electron chi connectivity index (χ0n) is 13.2. The van der Waals surface area contributed by atoms with Crippen LogP contribution in [0.25, 0.3) is 5.52 Å². The average molecular weight is 317 g/mol. The molecule has 1 N–H and O–H groups in total. The van der Waals surface area contributed by atoms with Gasteiger partial charge >= 0.3 is 11.9 Å². The lowest BCUT2D eigenvalue weighted by Gasteiger charge is -2.13. The molecule has 1 aliphatic heterocycles. The Morgan fingerprint density at radius 2 is 2.22 bits per heavy atom. The van der Waals surface area contributed by atoms with Gasteiger partial charge in [-0.05, 0) is 31.6 Å². The van der Waals surface area contributed by atoms with E-state index >= 15 is 0 Å². The summed E-state index contributed by atoms with van der Waals surface area (Å²) in [6.07, 6.45) is 0.890. The molecule has 3 rings (SSSR count). The quantitative estimate of drug-likeness (QED) is 0.863. The molecule has 1 saturated heterocycles. The van der Waals surface area contributed by atoms with Gasteiger partial charge in [-0.15, -0.1) is 0 Å². The number of methoxy groups -OCH3 is 1. The van der Waals surface area contributed by atoms with Crippen molar-refractivity contribution in [3.05, 3.63) is 35.4 Å². The molecule has 0 radical (unpaired) electrons. The minimum atomic E-state index is -1.10. The number of aromatic carboxylic acids is 1. The number of ether oxygens (including phenoxy) is 1. The predicted octanol–water partition coefficient (Wildman–Crippen LogP) is 1.63. The second-order valence-electron chi connectivity index (χ2n) is 5.63. The minimum Gasteiger partial charge on any atom is -0.476 e. The Labute approximate surface area is 133 Å². The molecule has 7 heteroatoms. The van der Waals surface area contributed by atoms with Crippen molar-refractivity contribution in [1.29, 1.82) is 0 Å². The Morgan fingerprint density at radius 3 is 2.83 bits per heavy atom. The van der Waals surface area contributed by atoms with E-state index in [-0.39, 0.29) is 11.6 Å². The molecule has 0 aromatic carbocycles. The number of imidazole rings is 1. The molecule has 1 atom stereocenters. The largest absolute Gasteiger partial charge is 0.476 e. The van der Waals surface area contributed by atoms with E-state index in [4.69, 9.17) is 4.74 Å². The first-order valence-electron chi connectivity index (χ1n) is 7.62. The molecule has 2 aromatic heterocycles. The van der Waals surface area contributed by atoms with Crippen molar-refractivity contribution in [2.75, 3.05) is 26.7 Å². The van der Waals surface area contributed by atoms with E-state index in [0.29, 0.717) is 17.0 Å². The van der Waals surface area contributed by atoms with Crippen LogP contribution in [-0.2, 0) is 4.74 Å². The summed E-state index contributed by atoms with van der Waals surface area (Å²) in [6, 6.07) is 4.94. The maximum atomic E-state index is 12.1. The first-order valence-corrected chi connectivity index (χ1v) is 7.62. The van der Waals surface area contributed by atoms with Gasteiger partial charge in [0.2, 0.25) is 0 Å². The number of aromatic nitrogens is 2. The number of carbonyl (C=O) groups is 2. The molecule has 3 heterocycles. The molecule has 1 fully saturated rings. The van der Waals surface area contributed by atoms with Crippen LogP contribution in [0.15, 0.2) is 18.2 Å². The van der Waals surface area contributed by atoms with Gasteiger partial charge < -0.3 is 14.7 Å². The first-order chi connectivity index (χ1) is 11.1. The number of hydrogen-bond donors (Lipinski definition) is 1. The zero-order valence-corrected chi connectivity index (χ0v) is 13.2. The number of esters is 1. The van der Waals surface area contributed by atoms with Crippen molar-refractivity contribution in [2.24, 2.45) is 0 Å². The first kappa shape index (κ1) is 15.5. The summed E-state index contributed by atoms with van der Waals surface area (Å²) in [5.41, 5.74) is 0.695. The number of likely N-dealkylation sites (N-methyl/N-ethyl adjacent to an activating group) is 1. The predicted molar refractivity (Wildman–Crippen MR) is 83.0 cm³/mol. The van der Waals surface area contributed by atoms with Gasteiger partial charge in [0.15, 0.2) is 5.69 Å². The number of carbonyl (C=O) groups excluding carboxylic acids is 1. The molecule has 23 heavy (non-hydrogen) atoms. The standard InChI is InChI=1S/C16H19N3O4/c1-3-18-8-7-10(9-18)14-17-13(15(20)21)11-5-4-6-12(19(11)14)16(22)23-2/h4-6,10H,3,7-9H2,1-2H3,(H,20,21). The third-order valence-electron chi connectivity index (χ3n) is 4.37. The number of hydrogen-bond acceptors (Lipinski definition) is 5. The van der Waals surface area contributed by atoms with E-state index in [2.05, 4.69) is 16.8 Å². The van der Waals surface area contributed by atoms with E-state index in [0.717, 1.165) is 26.1 Å². The van der Waals surface area contributed by atoms with Gasteiger partial charge in [-0.2, -0.15) is 0 Å². The fourth-order valence-electron chi connectivity index (χ4n) is 3.19. The molecule has 1 unspecified atom stereocenters. The SMILES string of the molecule is CCN1CCC(c2nc(C(=O)O)c3cccc(C(=O)OC)n23)C1. The fraction of sp³-hybridized carbons (Fsp3) is 0.438. The molecule has 0 aliphatic carbocycles. The van der Waals surface area contributed by atoms with Crippen LogP contribution in [0, 0.1) is 0 Å². The van der Waals surface area contributed by atoms with Crippen molar-refractivity contribution in [2.45, 2.75) is 19.3 Å². The van der Waals surface area contributed by atoms with Crippen molar-refractivity contribution in [3.8, 4) is 0 Å². The third kappa shape index (κ3) is 2.57. The van der Waals surface area contributed by atoms with Gasteiger partial charge in [-0.1, -0.05) is 13.0 Å². The highest BCUT2D eigenvalue weighted by molar-refractivity contribution is 5.96. The molecule has 1 aliphatic rings. The van der Waals surface area contributed by atoms with Crippen molar-refractivity contribution >= 4 is 17.5 Å². The monoisotopic (exact) mass is 317 g/mol. The van der Waals surface area contributed by atoms with Gasteiger partial charge in [0.1, 0.15) is 11.5 Å². The van der Waals surface area contributed by atoms with Crippen LogP contribution in [0.2, 0.25) is 0 Å². The van der Waals surface area contributed by atoms with Crippen LogP contribution in [0.5, 0.6) is 0 Å². The van der Waals surface area contributed by atoms with Crippen LogP contribution in [0.1, 0.15) is 46.1 Å². The van der Waals surface area contributed by atoms with Gasteiger partial charge in [-0.3, -0.25) is 4.40 Å². The summed E-state index contributed by atoms with van der Waals surface area (Å²) in [6.45, 7) is 4.78. The van der Waals surface area contributed by atoms with Crippen molar-refractivity contribution < 1.29 is 19.4 Å². The fourth-order valence-corrected chi connectivity index (χ4v) is 3.19. The zero-order chi connectivity index (χ0) is 16.6. The van der Waals surface area contributed by atoms with Gasteiger partial charge in [0.05, 0.1) is 12.6 Å². The second kappa shape index (κ2) is 6.00. The number of likely N-dealkylation sites (tertiary alicyclic amines) is 1. The highest BCUT2D eigenvalue weighted by atomic mass is 16.5. The Morgan fingerprint density at radius 1 is 1.43 bits per heavy atom. The number of carboxylic acid groups (broad SMARTS) is 1. The summed E-state index contributed by atoms with van der Waals surface area (Å²) < 4.78 is 6.47. The van der Waals surface area contributed by atoms with Crippen LogP contribution < -0.4 is 0 Å². The van der Waals surface area contributed by atoms with Gasteiger partial charge in [-0.25, -0.2) is 14.6 Å². The minimum absolute atomic E-state index is 0.0271. The maximum absolute atomic E-state index is 12.1. The summed E-state index contributed by atoms with van der Waals surface area (Å²) in [5, 5.41) is 9.42. The van der Waals surface area contributed by atoms with Crippen LogP contribution >= 0.6 is 0 Å². The average Bonchev–Trinajstić information content (AvgIpc) is 3.17. The Kier molecular flexibility index (Phi) is 4.04. The van der Waals surface area contributed by atoms with E-state index < -0.39 is 11.9 Å². The number of pyridine rings is 1. The van der Waals surface area contributed by atoms with Crippen LogP contribution in [0.4, 0.5) is 0 Å². The number of carboxylic acids is 1. The highest BCUT2D eigenvalue weighted by Gasteiger charge is 2.30. The topological polar surface area (TPSA) is 84.1 Å². The van der Waals surface area contributed by atoms with Crippen molar-refractivity contribution in [1.82, 2.24) is 14.3 Å². The van der Waals surface area contributed by atoms with Crippen molar-refractivity contribution in [3.63, 3.8) is 0 Å². The van der Waals surface area contributed by atoms with E-state index in [1.807, 2.05) is 0 Å². The normalized spacial score (nSPS) is 18.4. The molecule has 7 nitrogen and oxygen atoms in total. The van der Waals surface area contributed by atoms with Crippen LogP contribution in [-0.4, -0.2) is 58.1 Å². The molecule has 0 spiro atoms. The summed E-state index contributed by atoms with van der Waals surface area (Å²) >= 11 is 0. The molecule has 122 valence electrons. The number of fused-ring (bicyclic) bond motifs is 1. The molecular weight excluding hydrogens is 298 g/mol. The molecule has 2 aromatic rings. The lowest BCUT2D eigenvalue weighted by molar-refractivity contribution is 0.0590. The maximum Gasteiger partial charge on any atom is 0.356 e. The number of rotatable bonds is 4. The Bertz CT molecular complexity index is 768. The summed E-state index contributed by atoms with van der Waals surface area (Å²) in [4.78, 5) is 30.2. The Balaban J connectivity index is 2.20. The smallest absolute Gasteiger partial charge is 0.356 e. The molecule has 0 amide bonds. The highest BCUT2D eigenvalue weighted by Crippen LogP contribution is 2.29. The van der Waals surface area contributed by atoms with E-state index in [1.54, 1.807) is 22.6 Å². The van der Waals surface area contributed by atoms with Gasteiger partial charge in [0.25, 0.3) is 0 Å².